The third-order valence-electron chi connectivity index (χ3n) is 3.73. The molecule has 102 valence electrons. The molecule has 1 heterocycles. The van der Waals surface area contributed by atoms with Crippen LogP contribution in [0.5, 0.6) is 0 Å². The molecule has 0 radical (unpaired) electrons. The normalized spacial score (nSPS) is 23.7. The van der Waals surface area contributed by atoms with Gasteiger partial charge in [0.15, 0.2) is 0 Å². The highest BCUT2D eigenvalue weighted by atomic mass is 32.2. The van der Waals surface area contributed by atoms with Crippen molar-refractivity contribution in [2.75, 3.05) is 18.8 Å². The number of thioether (sulfide) groups is 1. The molecule has 1 aliphatic rings. The highest BCUT2D eigenvalue weighted by Crippen LogP contribution is 2.26. The maximum absolute atomic E-state index is 5.46. The Morgan fingerprint density at radius 1 is 1.37 bits per heavy atom. The Labute approximate surface area is 120 Å². The van der Waals surface area contributed by atoms with E-state index in [0.29, 0.717) is 17.8 Å². The second kappa shape index (κ2) is 7.00. The van der Waals surface area contributed by atoms with Gasteiger partial charge in [-0.05, 0) is 18.6 Å². The average molecular weight is 274 g/mol. The third-order valence-corrected chi connectivity index (χ3v) is 5.07. The molecule has 2 unspecified atom stereocenters. The molecule has 1 fully saturated rings. The molecule has 0 spiro atoms. The van der Waals surface area contributed by atoms with Gasteiger partial charge < -0.3 is 5.73 Å². The summed E-state index contributed by atoms with van der Waals surface area (Å²) in [6, 6.07) is 9.02. The molecular formula is C16H22N2S. The Hall–Kier alpha value is -0.950. The van der Waals surface area contributed by atoms with E-state index in [2.05, 4.69) is 60.5 Å². The van der Waals surface area contributed by atoms with Crippen LogP contribution in [-0.2, 0) is 6.54 Å². The van der Waals surface area contributed by atoms with Gasteiger partial charge in [0.1, 0.15) is 0 Å². The van der Waals surface area contributed by atoms with E-state index in [4.69, 9.17) is 5.73 Å². The minimum absolute atomic E-state index is 0.419. The highest BCUT2D eigenvalue weighted by molar-refractivity contribution is 8.00. The van der Waals surface area contributed by atoms with Gasteiger partial charge in [0.25, 0.3) is 0 Å². The van der Waals surface area contributed by atoms with E-state index in [1.807, 2.05) is 6.07 Å². The van der Waals surface area contributed by atoms with Crippen LogP contribution in [0.3, 0.4) is 0 Å². The molecule has 1 saturated heterocycles. The lowest BCUT2D eigenvalue weighted by atomic mass is 10.1. The second-order valence-corrected chi connectivity index (χ2v) is 6.44. The highest BCUT2D eigenvalue weighted by Gasteiger charge is 2.25. The Kier molecular flexibility index (Phi) is 5.33. The molecule has 0 saturated carbocycles. The van der Waals surface area contributed by atoms with E-state index in [0.717, 1.165) is 18.7 Å². The molecule has 2 atom stereocenters. The Bertz CT molecular complexity index is 475. The fraction of sp³-hybridized carbons (Fsp3) is 0.500. The van der Waals surface area contributed by atoms with Crippen molar-refractivity contribution in [3.63, 3.8) is 0 Å². The molecule has 19 heavy (non-hydrogen) atoms. The lowest BCUT2D eigenvalue weighted by molar-refractivity contribution is 0.204. The van der Waals surface area contributed by atoms with Gasteiger partial charge in [-0.1, -0.05) is 37.0 Å². The van der Waals surface area contributed by atoms with Crippen LogP contribution in [0.25, 0.3) is 0 Å². The van der Waals surface area contributed by atoms with Crippen LogP contribution in [0.15, 0.2) is 24.3 Å². The van der Waals surface area contributed by atoms with Crippen LogP contribution in [0.2, 0.25) is 0 Å². The average Bonchev–Trinajstić information content (AvgIpc) is 2.43. The number of benzene rings is 1. The van der Waals surface area contributed by atoms with Gasteiger partial charge in [-0.2, -0.15) is 11.8 Å². The van der Waals surface area contributed by atoms with E-state index in [-0.39, 0.29) is 0 Å². The molecule has 0 aromatic heterocycles. The first-order chi connectivity index (χ1) is 9.22. The van der Waals surface area contributed by atoms with Gasteiger partial charge in [0, 0.05) is 35.7 Å². The van der Waals surface area contributed by atoms with Crippen molar-refractivity contribution >= 4 is 11.8 Å². The van der Waals surface area contributed by atoms with E-state index in [9.17, 15) is 0 Å². The number of hydrogen-bond donors (Lipinski definition) is 1. The van der Waals surface area contributed by atoms with Gasteiger partial charge in [0.05, 0.1) is 6.54 Å². The fourth-order valence-corrected chi connectivity index (χ4v) is 3.53. The van der Waals surface area contributed by atoms with Crippen LogP contribution in [-0.4, -0.2) is 35.0 Å². The van der Waals surface area contributed by atoms with Gasteiger partial charge >= 0.3 is 0 Å². The maximum Gasteiger partial charge on any atom is 0.0555 e. The van der Waals surface area contributed by atoms with Crippen molar-refractivity contribution in [3.05, 3.63) is 35.4 Å². The summed E-state index contributed by atoms with van der Waals surface area (Å²) >= 11 is 2.07. The van der Waals surface area contributed by atoms with E-state index < -0.39 is 0 Å². The molecule has 1 aromatic carbocycles. The van der Waals surface area contributed by atoms with Crippen molar-refractivity contribution in [1.29, 1.82) is 0 Å². The smallest absolute Gasteiger partial charge is 0.0555 e. The van der Waals surface area contributed by atoms with Crippen molar-refractivity contribution < 1.29 is 0 Å². The third kappa shape index (κ3) is 3.76. The molecule has 0 aliphatic carbocycles. The number of rotatable bonds is 2. The molecule has 1 aromatic rings. The minimum atomic E-state index is 0.419. The van der Waals surface area contributed by atoms with E-state index in [1.165, 1.54) is 11.3 Å². The zero-order valence-corrected chi connectivity index (χ0v) is 12.5. The lowest BCUT2D eigenvalue weighted by Gasteiger charge is -2.37. The molecular weight excluding hydrogens is 252 g/mol. The fourth-order valence-electron chi connectivity index (χ4n) is 2.36. The Morgan fingerprint density at radius 2 is 2.16 bits per heavy atom. The Balaban J connectivity index is 2.14. The van der Waals surface area contributed by atoms with Crippen LogP contribution in [0.4, 0.5) is 0 Å². The van der Waals surface area contributed by atoms with Crippen molar-refractivity contribution in [1.82, 2.24) is 4.90 Å². The summed E-state index contributed by atoms with van der Waals surface area (Å²) in [6.45, 7) is 7.21. The van der Waals surface area contributed by atoms with Gasteiger partial charge in [-0.3, -0.25) is 4.90 Å². The monoisotopic (exact) mass is 274 g/mol. The molecule has 1 aliphatic heterocycles. The van der Waals surface area contributed by atoms with Crippen molar-refractivity contribution in [3.8, 4) is 11.8 Å². The molecule has 2 rings (SSSR count). The molecule has 3 heteroatoms. The minimum Gasteiger partial charge on any atom is -0.320 e. The van der Waals surface area contributed by atoms with Crippen LogP contribution in [0, 0.1) is 11.8 Å². The molecule has 2 N–H and O–H groups in total. The van der Waals surface area contributed by atoms with E-state index in [1.54, 1.807) is 0 Å². The van der Waals surface area contributed by atoms with Gasteiger partial charge in [0.2, 0.25) is 0 Å². The summed E-state index contributed by atoms with van der Waals surface area (Å²) in [5.41, 5.74) is 7.90. The number of nitrogens with zero attached hydrogens (tertiary/aromatic N) is 1. The first kappa shape index (κ1) is 14.5. The topological polar surface area (TPSA) is 29.3 Å². The molecule has 0 amide bonds. The van der Waals surface area contributed by atoms with Gasteiger partial charge in [-0.25, -0.2) is 0 Å². The summed E-state index contributed by atoms with van der Waals surface area (Å²) < 4.78 is 0. The summed E-state index contributed by atoms with van der Waals surface area (Å²) in [5.74, 6) is 7.36. The van der Waals surface area contributed by atoms with Crippen LogP contribution < -0.4 is 5.73 Å². The standard InChI is InChI=1S/C16H22N2S/c1-13-14(2)19-11-10-18(13)12-16-7-4-3-6-15(16)8-5-9-17/h3-4,6-7,13-14H,9-12,17H2,1-2H3. The summed E-state index contributed by atoms with van der Waals surface area (Å²) in [7, 11) is 0. The maximum atomic E-state index is 5.46. The molecule has 2 nitrogen and oxygen atoms in total. The molecule has 0 bridgehead atoms. The van der Waals surface area contributed by atoms with Crippen LogP contribution in [0.1, 0.15) is 25.0 Å². The Morgan fingerprint density at radius 3 is 2.95 bits per heavy atom. The zero-order valence-electron chi connectivity index (χ0n) is 11.7. The van der Waals surface area contributed by atoms with Crippen LogP contribution >= 0.6 is 11.8 Å². The summed E-state index contributed by atoms with van der Waals surface area (Å²) in [5, 5.41) is 0.705. The predicted molar refractivity (Wildman–Crippen MR) is 84.2 cm³/mol. The lowest BCUT2D eigenvalue weighted by Crippen LogP contribution is -2.44. The SMILES string of the molecule is CC1SCCN(Cc2ccccc2C#CCN)C1C. The van der Waals surface area contributed by atoms with E-state index >= 15 is 0 Å². The quantitative estimate of drug-likeness (QED) is 0.839. The first-order valence-electron chi connectivity index (χ1n) is 6.85. The van der Waals surface area contributed by atoms with Crippen molar-refractivity contribution in [2.45, 2.75) is 31.7 Å². The number of hydrogen-bond acceptors (Lipinski definition) is 3. The largest absolute Gasteiger partial charge is 0.320 e. The summed E-state index contributed by atoms with van der Waals surface area (Å²) in [4.78, 5) is 2.56. The number of nitrogens with two attached hydrogens (primary N) is 1. The zero-order chi connectivity index (χ0) is 13.7. The summed E-state index contributed by atoms with van der Waals surface area (Å²) in [6.07, 6.45) is 0. The van der Waals surface area contributed by atoms with Gasteiger partial charge in [-0.15, -0.1) is 0 Å². The predicted octanol–water partition coefficient (Wildman–Crippen LogP) is 2.32. The first-order valence-corrected chi connectivity index (χ1v) is 7.89. The van der Waals surface area contributed by atoms with Crippen molar-refractivity contribution in [2.24, 2.45) is 5.73 Å². The second-order valence-electron chi connectivity index (χ2n) is 4.95.